The van der Waals surface area contributed by atoms with Crippen molar-refractivity contribution in [1.82, 2.24) is 20.3 Å². The molecule has 7 heteroatoms. The molecular formula is C27H28N4O3. The van der Waals surface area contributed by atoms with Crippen molar-refractivity contribution in [2.24, 2.45) is 0 Å². The number of rotatable bonds is 7. The molecule has 1 atom stereocenters. The van der Waals surface area contributed by atoms with Crippen molar-refractivity contribution < 1.29 is 14.6 Å². The Hall–Kier alpha value is -4.15. The average Bonchev–Trinajstić information content (AvgIpc) is 3.27. The van der Waals surface area contributed by atoms with Crippen molar-refractivity contribution in [3.05, 3.63) is 90.1 Å². The van der Waals surface area contributed by atoms with E-state index >= 15 is 0 Å². The number of hydrogen-bond donors (Lipinski definition) is 3. The zero-order valence-electron chi connectivity index (χ0n) is 19.2. The van der Waals surface area contributed by atoms with Crippen LogP contribution in [0.25, 0.3) is 10.9 Å². The normalized spacial score (nSPS) is 11.3. The Balaban J connectivity index is 0.000000469. The molecule has 0 saturated heterocycles. The first-order valence-electron chi connectivity index (χ1n) is 11.0. The van der Waals surface area contributed by atoms with E-state index in [0.717, 1.165) is 16.5 Å². The number of aliphatic hydroxyl groups is 1. The molecule has 0 aliphatic rings. The third kappa shape index (κ3) is 6.44. The molecular weight excluding hydrogens is 428 g/mol. The van der Waals surface area contributed by atoms with E-state index in [2.05, 4.69) is 26.2 Å². The maximum absolute atomic E-state index is 12.9. The number of aromatic amines is 1. The van der Waals surface area contributed by atoms with E-state index in [4.69, 9.17) is 11.2 Å². The molecule has 34 heavy (non-hydrogen) atoms. The monoisotopic (exact) mass is 456 g/mol. The number of carbonyl (C=O) groups is 1. The smallest absolute Gasteiger partial charge is 0.255 e. The molecule has 2 aromatic carbocycles. The van der Waals surface area contributed by atoms with Crippen molar-refractivity contribution in [2.45, 2.75) is 32.4 Å². The van der Waals surface area contributed by atoms with Crippen LogP contribution in [0.4, 0.5) is 0 Å². The van der Waals surface area contributed by atoms with E-state index in [0.29, 0.717) is 23.3 Å². The molecule has 1 amide bonds. The number of aliphatic hydroxyl groups excluding tert-OH is 1. The van der Waals surface area contributed by atoms with E-state index in [9.17, 15) is 9.90 Å². The quantitative estimate of drug-likeness (QED) is 0.368. The Bertz CT molecular complexity index is 1220. The molecule has 4 rings (SSSR count). The first-order valence-corrected chi connectivity index (χ1v) is 11.0. The predicted octanol–water partition coefficient (Wildman–Crippen LogP) is 3.75. The zero-order valence-corrected chi connectivity index (χ0v) is 19.2. The van der Waals surface area contributed by atoms with Crippen molar-refractivity contribution in [3.63, 3.8) is 0 Å². The summed E-state index contributed by atoms with van der Waals surface area (Å²) in [5, 5.41) is 13.8. The number of nitrogens with one attached hydrogen (secondary N) is 2. The molecule has 0 aliphatic heterocycles. The molecule has 3 N–H and O–H groups in total. The van der Waals surface area contributed by atoms with Crippen LogP contribution in [-0.4, -0.2) is 44.7 Å². The van der Waals surface area contributed by atoms with E-state index in [1.54, 1.807) is 36.7 Å². The van der Waals surface area contributed by atoms with Crippen LogP contribution in [0, 0.1) is 12.3 Å². The Morgan fingerprint density at radius 1 is 1.15 bits per heavy atom. The number of benzene rings is 2. The summed E-state index contributed by atoms with van der Waals surface area (Å²) in [5.41, 5.74) is 2.95. The molecule has 0 saturated carbocycles. The van der Waals surface area contributed by atoms with Gasteiger partial charge in [-0.3, -0.25) is 4.79 Å². The van der Waals surface area contributed by atoms with Crippen LogP contribution < -0.4 is 10.1 Å². The number of ether oxygens (including phenoxy) is 1. The van der Waals surface area contributed by atoms with Crippen LogP contribution in [0.3, 0.4) is 0 Å². The number of aromatic nitrogens is 3. The Morgan fingerprint density at radius 2 is 1.91 bits per heavy atom. The zero-order chi connectivity index (χ0) is 24.3. The molecule has 0 bridgehead atoms. The topological polar surface area (TPSA) is 100 Å². The molecule has 7 nitrogen and oxygen atoms in total. The van der Waals surface area contributed by atoms with Gasteiger partial charge in [-0.15, -0.1) is 6.42 Å². The summed E-state index contributed by atoms with van der Waals surface area (Å²) in [6.45, 7) is 3.57. The lowest BCUT2D eigenvalue weighted by atomic mass is 10.0. The van der Waals surface area contributed by atoms with Crippen LogP contribution >= 0.6 is 0 Å². The number of carbonyl (C=O) groups excluding carboxylic acids is 1. The van der Waals surface area contributed by atoms with Gasteiger partial charge in [-0.1, -0.05) is 30.2 Å². The third-order valence-electron chi connectivity index (χ3n) is 4.94. The molecule has 0 aliphatic carbocycles. The van der Waals surface area contributed by atoms with Crippen LogP contribution in [0.5, 0.6) is 5.75 Å². The van der Waals surface area contributed by atoms with Crippen LogP contribution in [-0.2, 0) is 6.42 Å². The minimum Gasteiger partial charge on any atom is -0.489 e. The molecule has 0 radical (unpaired) electrons. The Kier molecular flexibility index (Phi) is 8.78. The highest BCUT2D eigenvalue weighted by molar-refractivity contribution is 5.98. The van der Waals surface area contributed by atoms with Crippen molar-refractivity contribution in [1.29, 1.82) is 0 Å². The predicted molar refractivity (Wildman–Crippen MR) is 133 cm³/mol. The number of nitrogens with zero attached hydrogens (tertiary/aromatic N) is 2. The summed E-state index contributed by atoms with van der Waals surface area (Å²) in [7, 11) is 0. The minimum absolute atomic E-state index is 0.124. The maximum atomic E-state index is 12.9. The van der Waals surface area contributed by atoms with E-state index < -0.39 is 6.04 Å². The number of fused-ring (bicyclic) bond motifs is 1. The van der Waals surface area contributed by atoms with Crippen molar-refractivity contribution in [3.8, 4) is 18.1 Å². The number of hydrogen-bond acceptors (Lipinski definition) is 5. The van der Waals surface area contributed by atoms with Gasteiger partial charge in [0.25, 0.3) is 5.91 Å². The number of terminal acetylenes is 1. The van der Waals surface area contributed by atoms with Gasteiger partial charge in [0.2, 0.25) is 0 Å². The second-order valence-corrected chi connectivity index (χ2v) is 7.81. The molecule has 174 valence electrons. The van der Waals surface area contributed by atoms with Gasteiger partial charge in [0.1, 0.15) is 12.1 Å². The van der Waals surface area contributed by atoms with Gasteiger partial charge >= 0.3 is 0 Å². The van der Waals surface area contributed by atoms with Gasteiger partial charge in [-0.2, -0.15) is 0 Å². The first kappa shape index (κ1) is 24.5. The summed E-state index contributed by atoms with van der Waals surface area (Å²) in [6, 6.07) is 14.4. The number of H-pyrrole nitrogens is 1. The molecule has 0 fully saturated rings. The standard InChI is InChI=1S/C23H24N2O3.C4H4N2/c1-4-16-8-7-10-20(22(16)28-15(2)3)23(27)25-18(14-26)12-17-13-24-21-11-6-5-9-19(17)21;1-2-5-4-6-3-1/h1,5-11,13,15,18,24,26H,12,14H2,2-3H3,(H,25,27);1-4H/t18-;/m1./s1. The van der Waals surface area contributed by atoms with Gasteiger partial charge in [0.05, 0.1) is 29.9 Å². The average molecular weight is 457 g/mol. The SMILES string of the molecule is C#Cc1cccc(C(=O)N[C@@H](CO)Cc2c[nH]c3ccccc23)c1OC(C)C.c1cncnc1. The minimum atomic E-state index is -0.437. The fourth-order valence-electron chi connectivity index (χ4n) is 3.44. The first-order chi connectivity index (χ1) is 16.5. The van der Waals surface area contributed by atoms with Crippen molar-refractivity contribution in [2.75, 3.05) is 6.61 Å². The summed E-state index contributed by atoms with van der Waals surface area (Å²) in [5.74, 6) is 2.62. The van der Waals surface area contributed by atoms with Crippen LogP contribution in [0.15, 0.2) is 73.4 Å². The second-order valence-electron chi connectivity index (χ2n) is 7.81. The molecule has 4 aromatic rings. The van der Waals surface area contributed by atoms with Crippen molar-refractivity contribution >= 4 is 16.8 Å². The lowest BCUT2D eigenvalue weighted by Gasteiger charge is -2.19. The number of amides is 1. The lowest BCUT2D eigenvalue weighted by Crippen LogP contribution is -2.39. The largest absolute Gasteiger partial charge is 0.489 e. The molecule has 0 unspecified atom stereocenters. The highest BCUT2D eigenvalue weighted by atomic mass is 16.5. The lowest BCUT2D eigenvalue weighted by molar-refractivity contribution is 0.0910. The fourth-order valence-corrected chi connectivity index (χ4v) is 3.44. The summed E-state index contributed by atoms with van der Waals surface area (Å²) in [4.78, 5) is 23.5. The Labute approximate surface area is 199 Å². The molecule has 2 aromatic heterocycles. The Morgan fingerprint density at radius 3 is 2.53 bits per heavy atom. The number of para-hydroxylation sites is 2. The molecule has 2 heterocycles. The van der Waals surface area contributed by atoms with E-state index in [-0.39, 0.29) is 18.6 Å². The van der Waals surface area contributed by atoms with Gasteiger partial charge < -0.3 is 20.1 Å². The summed E-state index contributed by atoms with van der Waals surface area (Å²) >= 11 is 0. The van der Waals surface area contributed by atoms with Crippen LogP contribution in [0.1, 0.15) is 35.3 Å². The highest BCUT2D eigenvalue weighted by Crippen LogP contribution is 2.25. The summed E-state index contributed by atoms with van der Waals surface area (Å²) < 4.78 is 5.80. The highest BCUT2D eigenvalue weighted by Gasteiger charge is 2.20. The maximum Gasteiger partial charge on any atom is 0.255 e. The molecule has 0 spiro atoms. The van der Waals surface area contributed by atoms with Gasteiger partial charge in [0, 0.05) is 29.5 Å². The second kappa shape index (κ2) is 12.2. The van der Waals surface area contributed by atoms with E-state index in [1.165, 1.54) is 6.33 Å². The third-order valence-corrected chi connectivity index (χ3v) is 4.94. The van der Waals surface area contributed by atoms with Gasteiger partial charge in [0.15, 0.2) is 0 Å². The fraction of sp³-hybridized carbons (Fsp3) is 0.222. The van der Waals surface area contributed by atoms with Crippen LogP contribution in [0.2, 0.25) is 0 Å². The van der Waals surface area contributed by atoms with E-state index in [1.807, 2.05) is 44.3 Å². The summed E-state index contributed by atoms with van der Waals surface area (Å²) in [6.07, 6.45) is 12.7. The van der Waals surface area contributed by atoms with Gasteiger partial charge in [-0.25, -0.2) is 9.97 Å². The van der Waals surface area contributed by atoms with Gasteiger partial charge in [-0.05, 0) is 50.1 Å².